The van der Waals surface area contributed by atoms with Crippen LogP contribution in [0.5, 0.6) is 0 Å². The third kappa shape index (κ3) is 3.74. The maximum Gasteiger partial charge on any atom is 0.226 e. The smallest absolute Gasteiger partial charge is 0.226 e. The van der Waals surface area contributed by atoms with Crippen LogP contribution in [0.4, 0.5) is 17.7 Å². The van der Waals surface area contributed by atoms with Gasteiger partial charge in [0, 0.05) is 24.3 Å². The zero-order chi connectivity index (χ0) is 20.4. The van der Waals surface area contributed by atoms with E-state index in [9.17, 15) is 15.3 Å². The van der Waals surface area contributed by atoms with Crippen LogP contribution < -0.4 is 11.1 Å². The highest BCUT2D eigenvalue weighted by atomic mass is 35.5. The number of aliphatic imine (C=N–C) groups is 1. The molecule has 4 atom stereocenters. The first kappa shape index (κ1) is 20.3. The van der Waals surface area contributed by atoms with Crippen molar-refractivity contribution in [2.75, 3.05) is 17.7 Å². The largest absolute Gasteiger partial charge is 0.437 e. The number of hydrogen-bond donors (Lipinski definition) is 5. The standard InChI is InChI=1S/C18H22ClN5O4/c1-3-8-6-11(28-17(8)21-4-2)12-15(19)23-18(20)24-16(12)22-10-5-9(7-25)13(26)14(10)27/h3-4,6,9-10,13-14,25-27H,1,5,7H2,2H3,(H3,20,22,23,24)/b21-4-/t9-,10-,13-,14+/m1/s1. The SMILES string of the molecule is C=Cc1cc(-c2c(Cl)nc(N)nc2N[C@@H]2C[C@H](CO)[C@@H](O)[C@H]2O)oc1/N=C\C. The average molecular weight is 408 g/mol. The van der Waals surface area contributed by atoms with Gasteiger partial charge in [0.05, 0.1) is 17.7 Å². The van der Waals surface area contributed by atoms with Crippen molar-refractivity contribution in [2.45, 2.75) is 31.6 Å². The molecule has 0 aliphatic heterocycles. The van der Waals surface area contributed by atoms with E-state index < -0.39 is 24.2 Å². The molecule has 0 bridgehead atoms. The van der Waals surface area contributed by atoms with E-state index in [1.54, 1.807) is 25.3 Å². The lowest BCUT2D eigenvalue weighted by Crippen LogP contribution is -2.35. The zero-order valence-corrected chi connectivity index (χ0v) is 16.0. The topological polar surface area (TPSA) is 150 Å². The van der Waals surface area contributed by atoms with Gasteiger partial charge in [-0.3, -0.25) is 0 Å². The minimum Gasteiger partial charge on any atom is -0.437 e. The summed E-state index contributed by atoms with van der Waals surface area (Å²) in [5, 5.41) is 32.8. The van der Waals surface area contributed by atoms with Gasteiger partial charge in [-0.2, -0.15) is 4.98 Å². The number of aliphatic hydroxyl groups excluding tert-OH is 3. The number of halogens is 1. The molecule has 3 rings (SSSR count). The van der Waals surface area contributed by atoms with Gasteiger partial charge < -0.3 is 30.8 Å². The maximum absolute atomic E-state index is 10.3. The van der Waals surface area contributed by atoms with Crippen LogP contribution in [0.15, 0.2) is 22.1 Å². The number of aliphatic hydroxyl groups is 3. The quantitative estimate of drug-likeness (QED) is 0.359. The summed E-state index contributed by atoms with van der Waals surface area (Å²) in [6.07, 6.45) is 1.36. The molecule has 28 heavy (non-hydrogen) atoms. The molecule has 2 aromatic heterocycles. The van der Waals surface area contributed by atoms with Crippen molar-refractivity contribution in [2.24, 2.45) is 10.9 Å². The van der Waals surface area contributed by atoms with E-state index in [0.717, 1.165) is 0 Å². The molecule has 0 saturated heterocycles. The van der Waals surface area contributed by atoms with Crippen molar-refractivity contribution < 1.29 is 19.7 Å². The fourth-order valence-electron chi connectivity index (χ4n) is 3.28. The summed E-state index contributed by atoms with van der Waals surface area (Å²) in [6.45, 7) is 5.26. The number of aromatic nitrogens is 2. The number of hydrogen-bond acceptors (Lipinski definition) is 9. The molecule has 1 saturated carbocycles. The predicted octanol–water partition coefficient (Wildman–Crippen LogP) is 1.85. The molecule has 1 aliphatic carbocycles. The fourth-order valence-corrected chi connectivity index (χ4v) is 3.55. The van der Waals surface area contributed by atoms with Gasteiger partial charge in [-0.25, -0.2) is 9.98 Å². The maximum atomic E-state index is 10.3. The molecule has 0 unspecified atom stereocenters. The second-order valence-corrected chi connectivity index (χ2v) is 6.83. The summed E-state index contributed by atoms with van der Waals surface area (Å²) in [5.74, 6) is 0.416. The number of nitrogen functional groups attached to an aromatic ring is 1. The van der Waals surface area contributed by atoms with Crippen LogP contribution in [0, 0.1) is 5.92 Å². The summed E-state index contributed by atoms with van der Waals surface area (Å²) in [6, 6.07) is 1.12. The second kappa shape index (κ2) is 8.27. The molecule has 0 aromatic carbocycles. The number of rotatable bonds is 6. The Morgan fingerprint density at radius 3 is 2.79 bits per heavy atom. The molecule has 6 N–H and O–H groups in total. The Morgan fingerprint density at radius 2 is 2.18 bits per heavy atom. The Kier molecular flexibility index (Phi) is 5.99. The Hall–Kier alpha value is -2.46. The molecule has 1 aliphatic rings. The summed E-state index contributed by atoms with van der Waals surface area (Å²) in [7, 11) is 0. The van der Waals surface area contributed by atoms with Gasteiger partial charge in [0.2, 0.25) is 11.8 Å². The fraction of sp³-hybridized carbons (Fsp3) is 0.389. The molecule has 150 valence electrons. The van der Waals surface area contributed by atoms with Crippen molar-refractivity contribution in [3.8, 4) is 11.3 Å². The summed E-state index contributed by atoms with van der Waals surface area (Å²) >= 11 is 6.31. The van der Waals surface area contributed by atoms with Gasteiger partial charge in [-0.1, -0.05) is 24.3 Å². The van der Waals surface area contributed by atoms with E-state index in [4.69, 9.17) is 21.8 Å². The van der Waals surface area contributed by atoms with Crippen molar-refractivity contribution in [3.05, 3.63) is 23.4 Å². The Labute approximate surface area is 166 Å². The molecule has 0 radical (unpaired) electrons. The number of nitrogens with two attached hydrogens (primary N) is 1. The average Bonchev–Trinajstić information content (AvgIpc) is 3.17. The lowest BCUT2D eigenvalue weighted by molar-refractivity contribution is 0.00446. The van der Waals surface area contributed by atoms with Crippen LogP contribution in [0.2, 0.25) is 5.15 Å². The van der Waals surface area contributed by atoms with E-state index in [0.29, 0.717) is 29.2 Å². The molecule has 9 nitrogen and oxygen atoms in total. The van der Waals surface area contributed by atoms with Crippen molar-refractivity contribution in [1.82, 2.24) is 9.97 Å². The summed E-state index contributed by atoms with van der Waals surface area (Å²) in [4.78, 5) is 12.3. The zero-order valence-electron chi connectivity index (χ0n) is 15.2. The Morgan fingerprint density at radius 1 is 1.43 bits per heavy atom. The Bertz CT molecular complexity index is 900. The first-order valence-electron chi connectivity index (χ1n) is 8.71. The van der Waals surface area contributed by atoms with Gasteiger partial charge in [-0.05, 0) is 19.4 Å². The number of anilines is 2. The highest BCUT2D eigenvalue weighted by Crippen LogP contribution is 2.40. The minimum atomic E-state index is -1.10. The molecular formula is C18H22ClN5O4. The lowest BCUT2D eigenvalue weighted by Gasteiger charge is -2.20. The first-order chi connectivity index (χ1) is 13.4. The minimum absolute atomic E-state index is 0.0538. The molecule has 2 aromatic rings. The van der Waals surface area contributed by atoms with Crippen LogP contribution in [0.1, 0.15) is 18.9 Å². The van der Waals surface area contributed by atoms with Crippen molar-refractivity contribution in [3.63, 3.8) is 0 Å². The Balaban J connectivity index is 2.03. The number of nitrogens with zero attached hydrogens (tertiary/aromatic N) is 3. The van der Waals surface area contributed by atoms with Crippen LogP contribution in [-0.2, 0) is 0 Å². The third-order valence-electron chi connectivity index (χ3n) is 4.69. The van der Waals surface area contributed by atoms with Crippen molar-refractivity contribution >= 4 is 41.5 Å². The molecular weight excluding hydrogens is 386 g/mol. The number of furan rings is 1. The molecule has 0 spiro atoms. The van der Waals surface area contributed by atoms with Crippen LogP contribution in [0.3, 0.4) is 0 Å². The molecule has 10 heteroatoms. The van der Waals surface area contributed by atoms with Gasteiger partial charge >= 0.3 is 0 Å². The molecule has 2 heterocycles. The van der Waals surface area contributed by atoms with E-state index in [2.05, 4.69) is 26.9 Å². The highest BCUT2D eigenvalue weighted by molar-refractivity contribution is 6.32. The third-order valence-corrected chi connectivity index (χ3v) is 4.97. The molecule has 0 amide bonds. The van der Waals surface area contributed by atoms with Gasteiger partial charge in [-0.15, -0.1) is 0 Å². The number of nitrogens with one attached hydrogen (secondary N) is 1. The highest BCUT2D eigenvalue weighted by Gasteiger charge is 2.41. The summed E-state index contributed by atoms with van der Waals surface area (Å²) in [5.41, 5.74) is 6.73. The first-order valence-corrected chi connectivity index (χ1v) is 9.09. The monoisotopic (exact) mass is 407 g/mol. The van der Waals surface area contributed by atoms with E-state index in [1.807, 2.05) is 0 Å². The second-order valence-electron chi connectivity index (χ2n) is 6.47. The van der Waals surface area contributed by atoms with E-state index >= 15 is 0 Å². The molecule has 1 fully saturated rings. The lowest BCUT2D eigenvalue weighted by atomic mass is 10.1. The van der Waals surface area contributed by atoms with Gasteiger partial charge in [0.1, 0.15) is 22.8 Å². The normalized spacial score (nSPS) is 24.8. The van der Waals surface area contributed by atoms with Crippen LogP contribution in [0.25, 0.3) is 17.4 Å². The predicted molar refractivity (Wildman–Crippen MR) is 108 cm³/mol. The van der Waals surface area contributed by atoms with E-state index in [1.165, 1.54) is 0 Å². The summed E-state index contributed by atoms with van der Waals surface area (Å²) < 4.78 is 5.78. The van der Waals surface area contributed by atoms with E-state index in [-0.39, 0.29) is 23.5 Å². The van der Waals surface area contributed by atoms with Crippen LogP contribution >= 0.6 is 11.6 Å². The van der Waals surface area contributed by atoms with Crippen molar-refractivity contribution in [1.29, 1.82) is 0 Å². The van der Waals surface area contributed by atoms with Gasteiger partial charge in [0.15, 0.2) is 0 Å². The van der Waals surface area contributed by atoms with Crippen LogP contribution in [-0.4, -0.2) is 56.4 Å². The van der Waals surface area contributed by atoms with Gasteiger partial charge in [0.25, 0.3) is 0 Å².